The van der Waals surface area contributed by atoms with Crippen molar-refractivity contribution in [3.8, 4) is 44.7 Å². The number of thiophene rings is 1. The molecule has 0 unspecified atom stereocenters. The summed E-state index contributed by atoms with van der Waals surface area (Å²) in [5.74, 6) is 1.10. The summed E-state index contributed by atoms with van der Waals surface area (Å²) in [5, 5.41) is 8.91. The maximum absolute atomic E-state index is 6.89. The first-order chi connectivity index (χ1) is 16.6. The van der Waals surface area contributed by atoms with E-state index in [1.165, 1.54) is 0 Å². The first-order valence-corrected chi connectivity index (χ1v) is 12.0. The van der Waals surface area contributed by atoms with E-state index >= 15 is 0 Å². The van der Waals surface area contributed by atoms with E-state index in [9.17, 15) is 0 Å². The van der Waals surface area contributed by atoms with Gasteiger partial charge in [0.1, 0.15) is 11.4 Å². The topological polar surface area (TPSA) is 81.2 Å². The normalized spacial score (nSPS) is 11.0. The van der Waals surface area contributed by atoms with E-state index in [1.54, 1.807) is 31.8 Å². The van der Waals surface area contributed by atoms with Gasteiger partial charge in [-0.05, 0) is 37.2 Å². The molecule has 1 aromatic carbocycles. The van der Waals surface area contributed by atoms with Crippen LogP contribution in [0.25, 0.3) is 33.0 Å². The van der Waals surface area contributed by atoms with Gasteiger partial charge in [0, 0.05) is 29.8 Å². The van der Waals surface area contributed by atoms with Crippen LogP contribution in [0.2, 0.25) is 5.02 Å². The average Bonchev–Trinajstić information content (AvgIpc) is 3.35. The lowest BCUT2D eigenvalue weighted by Gasteiger charge is -2.12. The van der Waals surface area contributed by atoms with Gasteiger partial charge >= 0.3 is 0 Å². The molecule has 2 N–H and O–H groups in total. The predicted molar refractivity (Wildman–Crippen MR) is 138 cm³/mol. The number of halogens is 1. The van der Waals surface area contributed by atoms with Crippen LogP contribution < -0.4 is 20.1 Å². The lowest BCUT2D eigenvalue weighted by Crippen LogP contribution is -2.09. The molecule has 0 bridgehead atoms. The number of benzene rings is 1. The summed E-state index contributed by atoms with van der Waals surface area (Å²) in [6.45, 7) is 1.26. The standard InChI is InChI=1S/C25H26ClN5O2S/c1-27-11-15-8-9-19(30-24(15)32-3)18-7-5-6-17(23(18)26)16-10-22(34-14-16)20-13-29-21(12-28-2)25(31-20)33-4/h5-10,13-14,27-28H,11-12H2,1-4H3. The molecule has 4 aromatic rings. The van der Waals surface area contributed by atoms with E-state index in [0.717, 1.165) is 44.2 Å². The van der Waals surface area contributed by atoms with Crippen molar-refractivity contribution in [2.75, 3.05) is 28.3 Å². The quantitative estimate of drug-likeness (QED) is 0.336. The first-order valence-electron chi connectivity index (χ1n) is 10.7. The Kier molecular flexibility index (Phi) is 7.74. The second-order valence-electron chi connectivity index (χ2n) is 7.50. The molecule has 0 aliphatic carbocycles. The van der Waals surface area contributed by atoms with Gasteiger partial charge in [-0.1, -0.05) is 35.9 Å². The van der Waals surface area contributed by atoms with Crippen molar-refractivity contribution in [1.29, 1.82) is 0 Å². The van der Waals surface area contributed by atoms with Gasteiger partial charge < -0.3 is 20.1 Å². The van der Waals surface area contributed by atoms with Crippen molar-refractivity contribution in [3.05, 3.63) is 64.3 Å². The van der Waals surface area contributed by atoms with E-state index in [4.69, 9.17) is 21.1 Å². The third-order valence-electron chi connectivity index (χ3n) is 5.29. The number of hydrogen-bond acceptors (Lipinski definition) is 8. The van der Waals surface area contributed by atoms with Gasteiger partial charge in [0.25, 0.3) is 0 Å². The number of rotatable bonds is 9. The van der Waals surface area contributed by atoms with Crippen LogP contribution in [0.1, 0.15) is 11.3 Å². The molecule has 0 aliphatic heterocycles. The Bertz CT molecular complexity index is 1290. The first kappa shape index (κ1) is 24.1. The van der Waals surface area contributed by atoms with E-state index < -0.39 is 0 Å². The van der Waals surface area contributed by atoms with Crippen LogP contribution in [0.3, 0.4) is 0 Å². The molecule has 0 radical (unpaired) electrons. The van der Waals surface area contributed by atoms with Crippen LogP contribution in [0.4, 0.5) is 0 Å². The second kappa shape index (κ2) is 10.9. The summed E-state index contributed by atoms with van der Waals surface area (Å²) in [6, 6.07) is 12.0. The summed E-state index contributed by atoms with van der Waals surface area (Å²) < 4.78 is 10.9. The minimum atomic E-state index is 0.517. The highest BCUT2D eigenvalue weighted by Gasteiger charge is 2.16. The van der Waals surface area contributed by atoms with Crippen molar-refractivity contribution in [3.63, 3.8) is 0 Å². The molecule has 176 valence electrons. The van der Waals surface area contributed by atoms with Gasteiger partial charge in [-0.15, -0.1) is 11.3 Å². The summed E-state index contributed by atoms with van der Waals surface area (Å²) in [7, 11) is 6.98. The van der Waals surface area contributed by atoms with Crippen LogP contribution >= 0.6 is 22.9 Å². The SMILES string of the molecule is CNCc1ccc(-c2cccc(-c3csc(-c4cnc(CNC)c(OC)n4)c3)c2Cl)nc1OC. The van der Waals surface area contributed by atoms with E-state index in [0.29, 0.717) is 29.9 Å². The Balaban J connectivity index is 1.69. The monoisotopic (exact) mass is 495 g/mol. The average molecular weight is 496 g/mol. The molecule has 0 saturated carbocycles. The lowest BCUT2D eigenvalue weighted by molar-refractivity contribution is 0.388. The van der Waals surface area contributed by atoms with Crippen LogP contribution in [0.5, 0.6) is 11.8 Å². The molecule has 7 nitrogen and oxygen atoms in total. The molecule has 0 aliphatic rings. The van der Waals surface area contributed by atoms with Gasteiger partial charge in [-0.3, -0.25) is 4.98 Å². The third kappa shape index (κ3) is 4.90. The number of hydrogen-bond donors (Lipinski definition) is 2. The van der Waals surface area contributed by atoms with E-state index in [1.807, 2.05) is 44.4 Å². The Labute approximate surface area is 208 Å². The Hall–Kier alpha value is -3.04. The zero-order valence-electron chi connectivity index (χ0n) is 19.5. The van der Waals surface area contributed by atoms with Crippen LogP contribution in [-0.2, 0) is 13.1 Å². The highest BCUT2D eigenvalue weighted by atomic mass is 35.5. The maximum Gasteiger partial charge on any atom is 0.237 e. The Morgan fingerprint density at radius 2 is 1.65 bits per heavy atom. The van der Waals surface area contributed by atoms with Gasteiger partial charge in [-0.2, -0.15) is 0 Å². The van der Waals surface area contributed by atoms with E-state index in [2.05, 4.69) is 37.0 Å². The van der Waals surface area contributed by atoms with Crippen LogP contribution in [0, 0.1) is 0 Å². The second-order valence-corrected chi connectivity index (χ2v) is 8.79. The van der Waals surface area contributed by atoms with Crippen molar-refractivity contribution in [1.82, 2.24) is 25.6 Å². The number of aromatic nitrogens is 3. The largest absolute Gasteiger partial charge is 0.481 e. The highest BCUT2D eigenvalue weighted by molar-refractivity contribution is 7.14. The number of methoxy groups -OCH3 is 2. The number of pyridine rings is 1. The molecule has 3 aromatic heterocycles. The fourth-order valence-corrected chi connectivity index (χ4v) is 4.85. The fraction of sp³-hybridized carbons (Fsp3) is 0.240. The van der Waals surface area contributed by atoms with Gasteiger partial charge in [0.15, 0.2) is 0 Å². The Morgan fingerprint density at radius 3 is 2.38 bits per heavy atom. The lowest BCUT2D eigenvalue weighted by atomic mass is 10.0. The summed E-state index contributed by atoms with van der Waals surface area (Å²) in [5.41, 5.74) is 6.05. The summed E-state index contributed by atoms with van der Waals surface area (Å²) >= 11 is 8.47. The minimum absolute atomic E-state index is 0.517. The van der Waals surface area contributed by atoms with Crippen molar-refractivity contribution >= 4 is 22.9 Å². The predicted octanol–water partition coefficient (Wildman–Crippen LogP) is 5.04. The van der Waals surface area contributed by atoms with Crippen molar-refractivity contribution in [2.45, 2.75) is 13.1 Å². The molecule has 0 saturated heterocycles. The number of ether oxygens (including phenoxy) is 2. The molecule has 4 rings (SSSR count). The van der Waals surface area contributed by atoms with Crippen molar-refractivity contribution in [2.24, 2.45) is 0 Å². The molecule has 3 heterocycles. The fourth-order valence-electron chi connectivity index (χ4n) is 3.65. The smallest absolute Gasteiger partial charge is 0.237 e. The zero-order chi connectivity index (χ0) is 24.1. The zero-order valence-corrected chi connectivity index (χ0v) is 21.0. The molecule has 0 fully saturated rings. The molecular formula is C25H26ClN5O2S. The van der Waals surface area contributed by atoms with Gasteiger partial charge in [-0.25, -0.2) is 9.97 Å². The maximum atomic E-state index is 6.89. The van der Waals surface area contributed by atoms with E-state index in [-0.39, 0.29) is 0 Å². The molecule has 0 atom stereocenters. The van der Waals surface area contributed by atoms with Crippen LogP contribution in [0.15, 0.2) is 48.0 Å². The number of nitrogens with one attached hydrogen (secondary N) is 2. The summed E-state index contributed by atoms with van der Waals surface area (Å²) in [6.07, 6.45) is 1.77. The molecule has 9 heteroatoms. The Morgan fingerprint density at radius 1 is 0.912 bits per heavy atom. The molecular weight excluding hydrogens is 470 g/mol. The highest BCUT2D eigenvalue weighted by Crippen LogP contribution is 2.40. The molecule has 0 spiro atoms. The molecule has 0 amide bonds. The van der Waals surface area contributed by atoms with Gasteiger partial charge in [0.05, 0.1) is 36.0 Å². The van der Waals surface area contributed by atoms with Crippen molar-refractivity contribution < 1.29 is 9.47 Å². The summed E-state index contributed by atoms with van der Waals surface area (Å²) in [4.78, 5) is 14.8. The minimum Gasteiger partial charge on any atom is -0.481 e. The number of nitrogens with zero attached hydrogens (tertiary/aromatic N) is 3. The third-order valence-corrected chi connectivity index (χ3v) is 6.65. The van der Waals surface area contributed by atoms with Crippen LogP contribution in [-0.4, -0.2) is 43.3 Å². The molecule has 34 heavy (non-hydrogen) atoms. The van der Waals surface area contributed by atoms with Gasteiger partial charge in [0.2, 0.25) is 11.8 Å².